The van der Waals surface area contributed by atoms with Gasteiger partial charge in [0, 0.05) is 5.69 Å². The van der Waals surface area contributed by atoms with Gasteiger partial charge in [-0.2, -0.15) is 0 Å². The van der Waals surface area contributed by atoms with Crippen molar-refractivity contribution in [2.45, 2.75) is 19.4 Å². The van der Waals surface area contributed by atoms with Gasteiger partial charge in [0.2, 0.25) is 15.9 Å². The molecular weight excluding hydrogens is 368 g/mol. The van der Waals surface area contributed by atoms with Gasteiger partial charge in [-0.15, -0.1) is 0 Å². The summed E-state index contributed by atoms with van der Waals surface area (Å²) in [7, 11) is -2.43. The molecule has 0 aliphatic rings. The van der Waals surface area contributed by atoms with Crippen molar-refractivity contribution >= 4 is 33.3 Å². The van der Waals surface area contributed by atoms with Crippen LogP contribution in [0, 0.1) is 0 Å². The van der Waals surface area contributed by atoms with Crippen LogP contribution in [0.2, 0.25) is 0 Å². The van der Waals surface area contributed by atoms with E-state index in [9.17, 15) is 18.0 Å². The van der Waals surface area contributed by atoms with Gasteiger partial charge in [0.25, 0.3) is 0 Å². The lowest BCUT2D eigenvalue weighted by Crippen LogP contribution is -2.47. The summed E-state index contributed by atoms with van der Waals surface area (Å²) in [5.41, 5.74) is 1.07. The van der Waals surface area contributed by atoms with Gasteiger partial charge in [0.15, 0.2) is 0 Å². The highest BCUT2D eigenvalue weighted by Crippen LogP contribution is 2.23. The molecule has 0 radical (unpaired) electrons. The quantitative estimate of drug-likeness (QED) is 0.734. The number of anilines is 2. The molecule has 0 saturated carbocycles. The Hall–Kier alpha value is -2.87. The Balaban J connectivity index is 2.33. The van der Waals surface area contributed by atoms with Crippen LogP contribution in [0.5, 0.6) is 0 Å². The average molecular weight is 390 g/mol. The number of amides is 1. The molecule has 0 fully saturated rings. The molecule has 1 unspecified atom stereocenters. The zero-order valence-electron chi connectivity index (χ0n) is 15.4. The van der Waals surface area contributed by atoms with E-state index in [0.29, 0.717) is 11.4 Å². The number of hydrogen-bond acceptors (Lipinski definition) is 5. The van der Waals surface area contributed by atoms with Crippen LogP contribution in [0.15, 0.2) is 54.6 Å². The Morgan fingerprint density at radius 1 is 1.11 bits per heavy atom. The van der Waals surface area contributed by atoms with Crippen molar-refractivity contribution in [2.75, 3.05) is 23.0 Å². The first-order valence-electron chi connectivity index (χ1n) is 8.31. The summed E-state index contributed by atoms with van der Waals surface area (Å²) in [6.07, 6.45) is 1.33. The van der Waals surface area contributed by atoms with Crippen molar-refractivity contribution in [3.05, 3.63) is 60.2 Å². The van der Waals surface area contributed by atoms with Crippen LogP contribution in [0.4, 0.5) is 11.4 Å². The van der Waals surface area contributed by atoms with Crippen molar-refractivity contribution in [2.24, 2.45) is 0 Å². The lowest BCUT2D eigenvalue weighted by molar-refractivity contribution is -0.117. The maximum absolute atomic E-state index is 12.8. The lowest BCUT2D eigenvalue weighted by atomic mass is 10.1. The number of esters is 1. The first-order valence-corrected chi connectivity index (χ1v) is 10.2. The van der Waals surface area contributed by atoms with Crippen molar-refractivity contribution in [3.8, 4) is 0 Å². The number of carbonyl (C=O) groups is 2. The van der Waals surface area contributed by atoms with Gasteiger partial charge in [-0.25, -0.2) is 13.2 Å². The molecule has 1 amide bonds. The summed E-state index contributed by atoms with van der Waals surface area (Å²) in [4.78, 5) is 24.5. The Kier molecular flexibility index (Phi) is 6.57. The summed E-state index contributed by atoms with van der Waals surface area (Å²) in [5, 5.41) is 2.68. The normalized spacial score (nSPS) is 12.1. The van der Waals surface area contributed by atoms with Crippen molar-refractivity contribution in [1.29, 1.82) is 0 Å². The number of ether oxygens (including phenoxy) is 1. The number of nitrogens with zero attached hydrogens (tertiary/aromatic N) is 1. The minimum absolute atomic E-state index is 0.268. The smallest absolute Gasteiger partial charge is 0.337 e. The fourth-order valence-electron chi connectivity index (χ4n) is 2.70. The third kappa shape index (κ3) is 5.07. The summed E-state index contributed by atoms with van der Waals surface area (Å²) < 4.78 is 30.5. The molecule has 0 aliphatic carbocycles. The Morgan fingerprint density at radius 2 is 1.78 bits per heavy atom. The van der Waals surface area contributed by atoms with Gasteiger partial charge < -0.3 is 10.1 Å². The van der Waals surface area contributed by atoms with Crippen molar-refractivity contribution < 1.29 is 22.7 Å². The van der Waals surface area contributed by atoms with Gasteiger partial charge in [-0.1, -0.05) is 31.2 Å². The van der Waals surface area contributed by atoms with Crippen molar-refractivity contribution in [1.82, 2.24) is 0 Å². The molecule has 8 heteroatoms. The predicted molar refractivity (Wildman–Crippen MR) is 104 cm³/mol. The number of para-hydroxylation sites is 1. The number of sulfonamides is 1. The topological polar surface area (TPSA) is 92.8 Å². The van der Waals surface area contributed by atoms with Crippen LogP contribution in [0.1, 0.15) is 23.7 Å². The van der Waals surface area contributed by atoms with Crippen LogP contribution < -0.4 is 9.62 Å². The highest BCUT2D eigenvalue weighted by Gasteiger charge is 2.31. The van der Waals surface area contributed by atoms with Crippen LogP contribution in [0.3, 0.4) is 0 Å². The fraction of sp³-hybridized carbons (Fsp3) is 0.263. The predicted octanol–water partition coefficient (Wildman–Crippen LogP) is 2.66. The number of rotatable bonds is 7. The second-order valence-corrected chi connectivity index (χ2v) is 7.74. The third-order valence-electron chi connectivity index (χ3n) is 3.89. The maximum atomic E-state index is 12.8. The van der Waals surface area contributed by atoms with E-state index in [4.69, 9.17) is 0 Å². The standard InChI is InChI=1S/C19H22N2O5S/c1-4-17(21(27(3,24)25)16-11-6-5-7-12-16)18(22)20-15-10-8-9-14(13-15)19(23)26-2/h5-13,17H,4H2,1-3H3,(H,20,22). The summed E-state index contributed by atoms with van der Waals surface area (Å²) in [6, 6.07) is 13.8. The first kappa shape index (κ1) is 20.4. The molecule has 0 bridgehead atoms. The maximum Gasteiger partial charge on any atom is 0.337 e. The second kappa shape index (κ2) is 8.68. The minimum atomic E-state index is -3.69. The molecule has 0 saturated heterocycles. The van der Waals surface area contributed by atoms with Crippen molar-refractivity contribution in [3.63, 3.8) is 0 Å². The molecule has 0 spiro atoms. The van der Waals surface area contributed by atoms with Crippen LogP contribution in [-0.4, -0.2) is 39.7 Å². The minimum Gasteiger partial charge on any atom is -0.465 e. The Morgan fingerprint density at radius 3 is 2.33 bits per heavy atom. The Labute approximate surface area is 159 Å². The van der Waals surface area contributed by atoms with E-state index < -0.39 is 27.9 Å². The van der Waals surface area contributed by atoms with Crippen LogP contribution >= 0.6 is 0 Å². The van der Waals surface area contributed by atoms with Gasteiger partial charge in [-0.05, 0) is 36.8 Å². The van der Waals surface area contributed by atoms with E-state index in [-0.39, 0.29) is 12.0 Å². The van der Waals surface area contributed by atoms with E-state index in [1.54, 1.807) is 55.5 Å². The first-order chi connectivity index (χ1) is 12.8. The summed E-state index contributed by atoms with van der Waals surface area (Å²) in [6.45, 7) is 1.73. The van der Waals surface area contributed by atoms with Crippen LogP contribution in [0.25, 0.3) is 0 Å². The number of nitrogens with one attached hydrogen (secondary N) is 1. The van der Waals surface area contributed by atoms with Gasteiger partial charge in [0.05, 0.1) is 24.6 Å². The van der Waals surface area contributed by atoms with Crippen LogP contribution in [-0.2, 0) is 19.6 Å². The molecular formula is C19H22N2O5S. The highest BCUT2D eigenvalue weighted by molar-refractivity contribution is 7.92. The van der Waals surface area contributed by atoms with E-state index in [2.05, 4.69) is 10.1 Å². The van der Waals surface area contributed by atoms with E-state index in [0.717, 1.165) is 10.6 Å². The monoisotopic (exact) mass is 390 g/mol. The SMILES string of the molecule is CCC(C(=O)Nc1cccc(C(=O)OC)c1)N(c1ccccc1)S(C)(=O)=O. The molecule has 0 aromatic heterocycles. The zero-order chi connectivity index (χ0) is 20.0. The third-order valence-corrected chi connectivity index (χ3v) is 5.07. The molecule has 1 N–H and O–H groups in total. The molecule has 144 valence electrons. The summed E-state index contributed by atoms with van der Waals surface area (Å²) >= 11 is 0. The largest absolute Gasteiger partial charge is 0.465 e. The summed E-state index contributed by atoms with van der Waals surface area (Å²) in [5.74, 6) is -1.02. The fourth-order valence-corrected chi connectivity index (χ4v) is 3.91. The Bertz CT molecular complexity index is 913. The molecule has 2 rings (SSSR count). The molecule has 2 aromatic carbocycles. The number of benzene rings is 2. The lowest BCUT2D eigenvalue weighted by Gasteiger charge is -2.30. The second-order valence-electron chi connectivity index (χ2n) is 5.88. The number of methoxy groups -OCH3 is 1. The van der Waals surface area contributed by atoms with Gasteiger partial charge in [0.1, 0.15) is 6.04 Å². The number of hydrogen-bond donors (Lipinski definition) is 1. The van der Waals surface area contributed by atoms with E-state index >= 15 is 0 Å². The van der Waals surface area contributed by atoms with Gasteiger partial charge >= 0.3 is 5.97 Å². The average Bonchev–Trinajstić information content (AvgIpc) is 2.65. The molecule has 7 nitrogen and oxygen atoms in total. The molecule has 27 heavy (non-hydrogen) atoms. The zero-order valence-corrected chi connectivity index (χ0v) is 16.2. The molecule has 2 aromatic rings. The number of carbonyl (C=O) groups excluding carboxylic acids is 2. The van der Waals surface area contributed by atoms with E-state index in [1.165, 1.54) is 13.2 Å². The molecule has 0 heterocycles. The van der Waals surface area contributed by atoms with Gasteiger partial charge in [-0.3, -0.25) is 9.10 Å². The molecule has 1 atom stereocenters. The van der Waals surface area contributed by atoms with E-state index in [1.807, 2.05) is 0 Å². The molecule has 0 aliphatic heterocycles. The highest BCUT2D eigenvalue weighted by atomic mass is 32.2.